The minimum atomic E-state index is 0.00639. The van der Waals surface area contributed by atoms with Crippen LogP contribution >= 0.6 is 0 Å². The Balaban J connectivity index is 2.07. The lowest BCUT2D eigenvalue weighted by molar-refractivity contribution is 0.926. The average molecular weight is 298 g/mol. The fraction of sp³-hybridized carbons (Fsp3) is 0.0952. The molecule has 0 aliphatic carbocycles. The highest BCUT2D eigenvalue weighted by Crippen LogP contribution is 2.29. The first kappa shape index (κ1) is 14.9. The molecule has 1 atom stereocenters. The number of benzene rings is 3. The van der Waals surface area contributed by atoms with E-state index in [2.05, 4.69) is 48.6 Å². The third kappa shape index (κ3) is 3.25. The van der Waals surface area contributed by atoms with Crippen LogP contribution in [0.4, 0.5) is 5.69 Å². The second-order valence-corrected chi connectivity index (χ2v) is 5.50. The van der Waals surface area contributed by atoms with E-state index in [0.717, 1.165) is 5.69 Å². The molecule has 2 nitrogen and oxygen atoms in total. The van der Waals surface area contributed by atoms with E-state index >= 15 is 0 Å². The van der Waals surface area contributed by atoms with Gasteiger partial charge in [-0.25, -0.2) is 0 Å². The lowest BCUT2D eigenvalue weighted by Gasteiger charge is -2.23. The summed E-state index contributed by atoms with van der Waals surface area (Å²) in [6, 6.07) is 28.5. The van der Waals surface area contributed by atoms with E-state index in [1.807, 2.05) is 48.5 Å². The molecule has 0 fully saturated rings. The molecule has 2 heteroatoms. The lowest BCUT2D eigenvalue weighted by Crippen LogP contribution is -2.14. The van der Waals surface area contributed by atoms with Gasteiger partial charge in [-0.2, -0.15) is 5.26 Å². The first-order valence-corrected chi connectivity index (χ1v) is 7.66. The van der Waals surface area contributed by atoms with Gasteiger partial charge in [0.25, 0.3) is 0 Å². The predicted octanol–water partition coefficient (Wildman–Crippen LogP) is 5.07. The highest BCUT2D eigenvalue weighted by atomic mass is 14.9. The molecule has 0 bridgehead atoms. The molecule has 23 heavy (non-hydrogen) atoms. The molecule has 0 saturated heterocycles. The summed E-state index contributed by atoms with van der Waals surface area (Å²) in [6.07, 6.45) is 0. The maximum Gasteiger partial charge on any atom is 0.101 e. The molecule has 0 saturated carbocycles. The number of nitriles is 1. The molecule has 0 amide bonds. The van der Waals surface area contributed by atoms with E-state index in [1.165, 1.54) is 16.7 Å². The molecule has 1 unspecified atom stereocenters. The van der Waals surface area contributed by atoms with Crippen LogP contribution in [0.2, 0.25) is 0 Å². The van der Waals surface area contributed by atoms with Crippen molar-refractivity contribution < 1.29 is 0 Å². The maximum absolute atomic E-state index is 9.34. The van der Waals surface area contributed by atoms with Crippen molar-refractivity contribution in [3.63, 3.8) is 0 Å². The summed E-state index contributed by atoms with van der Waals surface area (Å²) in [6.45, 7) is 2.11. The Labute approximate surface area is 137 Å². The standard InChI is InChI=1S/C21H18N2/c1-16-9-5-7-13-19(16)21(17-10-3-2-4-11-17)23-20-14-8-6-12-18(20)15-22/h2-14,21,23H,1H3. The summed E-state index contributed by atoms with van der Waals surface area (Å²) in [4.78, 5) is 0. The molecule has 0 spiro atoms. The number of hydrogen-bond acceptors (Lipinski definition) is 2. The minimum absolute atomic E-state index is 0.00639. The van der Waals surface area contributed by atoms with Crippen LogP contribution in [0.3, 0.4) is 0 Å². The summed E-state index contributed by atoms with van der Waals surface area (Å²) in [7, 11) is 0. The van der Waals surface area contributed by atoms with Gasteiger partial charge in [-0.1, -0.05) is 66.7 Å². The lowest BCUT2D eigenvalue weighted by atomic mass is 9.94. The van der Waals surface area contributed by atoms with Crippen molar-refractivity contribution in [2.45, 2.75) is 13.0 Å². The van der Waals surface area contributed by atoms with Crippen molar-refractivity contribution >= 4 is 5.69 Å². The second-order valence-electron chi connectivity index (χ2n) is 5.50. The fourth-order valence-electron chi connectivity index (χ4n) is 2.76. The first-order chi connectivity index (χ1) is 11.3. The molecular weight excluding hydrogens is 280 g/mol. The quantitative estimate of drug-likeness (QED) is 0.730. The van der Waals surface area contributed by atoms with Crippen LogP contribution in [0.1, 0.15) is 28.3 Å². The maximum atomic E-state index is 9.34. The van der Waals surface area contributed by atoms with Crippen molar-refractivity contribution in [2.75, 3.05) is 5.32 Å². The van der Waals surface area contributed by atoms with E-state index in [9.17, 15) is 5.26 Å². The highest BCUT2D eigenvalue weighted by molar-refractivity contribution is 5.60. The zero-order valence-corrected chi connectivity index (χ0v) is 13.0. The number of nitrogens with zero attached hydrogens (tertiary/aromatic N) is 1. The van der Waals surface area contributed by atoms with E-state index < -0.39 is 0 Å². The Morgan fingerprint density at radius 3 is 2.22 bits per heavy atom. The zero-order valence-electron chi connectivity index (χ0n) is 13.0. The monoisotopic (exact) mass is 298 g/mol. The molecule has 3 aromatic carbocycles. The molecule has 1 N–H and O–H groups in total. The molecule has 0 aromatic heterocycles. The average Bonchev–Trinajstić information content (AvgIpc) is 2.61. The smallest absolute Gasteiger partial charge is 0.101 e. The van der Waals surface area contributed by atoms with Crippen LogP contribution in [0.15, 0.2) is 78.9 Å². The molecule has 3 aromatic rings. The molecule has 112 valence electrons. The van der Waals surface area contributed by atoms with Crippen molar-refractivity contribution in [3.8, 4) is 6.07 Å². The van der Waals surface area contributed by atoms with Gasteiger partial charge in [0.1, 0.15) is 6.07 Å². The van der Waals surface area contributed by atoms with Crippen LogP contribution in [0.25, 0.3) is 0 Å². The topological polar surface area (TPSA) is 35.8 Å². The number of aryl methyl sites for hydroxylation is 1. The number of rotatable bonds is 4. The van der Waals surface area contributed by atoms with E-state index in [-0.39, 0.29) is 6.04 Å². The van der Waals surface area contributed by atoms with E-state index in [0.29, 0.717) is 5.56 Å². The van der Waals surface area contributed by atoms with Crippen LogP contribution in [-0.2, 0) is 0 Å². The Hall–Kier alpha value is -3.05. The Morgan fingerprint density at radius 1 is 0.826 bits per heavy atom. The molecular formula is C21H18N2. The molecule has 0 heterocycles. The molecule has 3 rings (SSSR count). The van der Waals surface area contributed by atoms with Crippen molar-refractivity contribution in [2.24, 2.45) is 0 Å². The molecule has 0 aliphatic heterocycles. The van der Waals surface area contributed by atoms with Gasteiger partial charge in [0.15, 0.2) is 0 Å². The normalized spacial score (nSPS) is 11.5. The van der Waals surface area contributed by atoms with Gasteiger partial charge in [-0.15, -0.1) is 0 Å². The van der Waals surface area contributed by atoms with E-state index in [1.54, 1.807) is 0 Å². The van der Waals surface area contributed by atoms with Crippen LogP contribution in [0, 0.1) is 18.3 Å². The molecule has 0 aliphatic rings. The van der Waals surface area contributed by atoms with Gasteiger partial charge >= 0.3 is 0 Å². The Kier molecular flexibility index (Phi) is 4.40. The van der Waals surface area contributed by atoms with Gasteiger partial charge in [-0.05, 0) is 35.7 Å². The Morgan fingerprint density at radius 2 is 1.48 bits per heavy atom. The summed E-state index contributed by atoms with van der Waals surface area (Å²) in [5.74, 6) is 0. The van der Waals surface area contributed by atoms with Gasteiger partial charge in [0.2, 0.25) is 0 Å². The van der Waals surface area contributed by atoms with Crippen molar-refractivity contribution in [1.82, 2.24) is 0 Å². The van der Waals surface area contributed by atoms with Gasteiger partial charge in [0, 0.05) is 0 Å². The number of anilines is 1. The van der Waals surface area contributed by atoms with Gasteiger partial charge in [0.05, 0.1) is 17.3 Å². The predicted molar refractivity (Wildman–Crippen MR) is 94.2 cm³/mol. The summed E-state index contributed by atoms with van der Waals surface area (Å²) >= 11 is 0. The van der Waals surface area contributed by atoms with Crippen LogP contribution in [0.5, 0.6) is 0 Å². The summed E-state index contributed by atoms with van der Waals surface area (Å²) in [5.41, 5.74) is 5.12. The zero-order chi connectivity index (χ0) is 16.1. The largest absolute Gasteiger partial charge is 0.373 e. The third-order valence-electron chi connectivity index (χ3n) is 3.98. The second kappa shape index (κ2) is 6.81. The summed E-state index contributed by atoms with van der Waals surface area (Å²) < 4.78 is 0. The van der Waals surface area contributed by atoms with Gasteiger partial charge < -0.3 is 5.32 Å². The first-order valence-electron chi connectivity index (χ1n) is 7.66. The highest BCUT2D eigenvalue weighted by Gasteiger charge is 2.16. The third-order valence-corrected chi connectivity index (χ3v) is 3.98. The number of nitrogens with one attached hydrogen (secondary N) is 1. The van der Waals surface area contributed by atoms with Crippen molar-refractivity contribution in [3.05, 3.63) is 101 Å². The fourth-order valence-corrected chi connectivity index (χ4v) is 2.76. The van der Waals surface area contributed by atoms with Gasteiger partial charge in [-0.3, -0.25) is 0 Å². The SMILES string of the molecule is Cc1ccccc1C(Nc1ccccc1C#N)c1ccccc1. The van der Waals surface area contributed by atoms with E-state index in [4.69, 9.17) is 0 Å². The number of para-hydroxylation sites is 1. The summed E-state index contributed by atoms with van der Waals surface area (Å²) in [5, 5.41) is 12.9. The number of hydrogen-bond donors (Lipinski definition) is 1. The minimum Gasteiger partial charge on any atom is -0.373 e. The Bertz CT molecular complexity index is 832. The van der Waals surface area contributed by atoms with Crippen LogP contribution < -0.4 is 5.32 Å². The molecule has 0 radical (unpaired) electrons. The van der Waals surface area contributed by atoms with Crippen molar-refractivity contribution in [1.29, 1.82) is 5.26 Å². The van der Waals surface area contributed by atoms with Crippen LogP contribution in [-0.4, -0.2) is 0 Å².